The number of hydrogen-bond donors (Lipinski definition) is 1. The molecule has 0 radical (unpaired) electrons. The first-order valence-corrected chi connectivity index (χ1v) is 5.73. The zero-order valence-corrected chi connectivity index (χ0v) is 9.37. The van der Waals surface area contributed by atoms with Crippen molar-refractivity contribution in [2.24, 2.45) is 0 Å². The molecule has 1 aromatic heterocycles. The van der Waals surface area contributed by atoms with Crippen molar-refractivity contribution in [1.82, 2.24) is 9.55 Å². The molecule has 0 atom stereocenters. The normalized spacial score (nSPS) is 15.5. The summed E-state index contributed by atoms with van der Waals surface area (Å²) in [5, 5.41) is 0. The number of rotatable bonds is 5. The van der Waals surface area contributed by atoms with Crippen LogP contribution in [0.15, 0.2) is 12.7 Å². The van der Waals surface area contributed by atoms with E-state index >= 15 is 0 Å². The average Bonchev–Trinajstić information content (AvgIpc) is 3.00. The molecule has 3 heteroatoms. The molecule has 15 heavy (non-hydrogen) atoms. The summed E-state index contributed by atoms with van der Waals surface area (Å²) in [7, 11) is 0. The minimum absolute atomic E-state index is 0.651. The molecule has 2 rings (SSSR count). The van der Waals surface area contributed by atoms with Crippen molar-refractivity contribution < 1.29 is 0 Å². The predicted octanol–water partition coefficient (Wildman–Crippen LogP) is 2.48. The van der Waals surface area contributed by atoms with Gasteiger partial charge in [-0.2, -0.15) is 0 Å². The summed E-state index contributed by atoms with van der Waals surface area (Å²) in [6, 6.07) is 0. The summed E-state index contributed by atoms with van der Waals surface area (Å²) in [6.45, 7) is 6.71. The van der Waals surface area contributed by atoms with E-state index in [0.717, 1.165) is 30.9 Å². The lowest BCUT2D eigenvalue weighted by molar-refractivity contribution is 0.750. The molecule has 0 aromatic carbocycles. The number of hydrogen-bond acceptors (Lipinski definition) is 2. The molecule has 1 aliphatic carbocycles. The highest BCUT2D eigenvalue weighted by molar-refractivity contribution is 5.40. The maximum atomic E-state index is 6.09. The highest BCUT2D eigenvalue weighted by Gasteiger charge is 2.30. The Morgan fingerprint density at radius 2 is 2.33 bits per heavy atom. The highest BCUT2D eigenvalue weighted by Crippen LogP contribution is 2.40. The molecule has 0 spiro atoms. The van der Waals surface area contributed by atoms with Gasteiger partial charge in [0.1, 0.15) is 11.6 Å². The first kappa shape index (κ1) is 10.3. The molecule has 1 saturated carbocycles. The van der Waals surface area contributed by atoms with Gasteiger partial charge < -0.3 is 10.3 Å². The van der Waals surface area contributed by atoms with Gasteiger partial charge in [0.2, 0.25) is 0 Å². The third-order valence-electron chi connectivity index (χ3n) is 2.85. The lowest BCUT2D eigenvalue weighted by atomic mass is 10.2. The molecule has 0 saturated heterocycles. The SMILES string of the molecule is C=CCn1c(C2CC2)nc(CCC)c1N. The van der Waals surface area contributed by atoms with Crippen molar-refractivity contribution in [2.45, 2.75) is 45.1 Å². The number of nitrogens with two attached hydrogens (primary N) is 1. The highest BCUT2D eigenvalue weighted by atomic mass is 15.1. The quantitative estimate of drug-likeness (QED) is 0.750. The summed E-state index contributed by atoms with van der Waals surface area (Å²) in [4.78, 5) is 4.67. The molecule has 0 unspecified atom stereocenters. The number of aromatic nitrogens is 2. The summed E-state index contributed by atoms with van der Waals surface area (Å²) < 4.78 is 2.12. The molecule has 1 fully saturated rings. The van der Waals surface area contributed by atoms with Gasteiger partial charge in [0.15, 0.2) is 0 Å². The largest absolute Gasteiger partial charge is 0.384 e. The second-order valence-electron chi connectivity index (χ2n) is 4.23. The van der Waals surface area contributed by atoms with E-state index in [0.29, 0.717) is 5.92 Å². The van der Waals surface area contributed by atoms with E-state index in [-0.39, 0.29) is 0 Å². The number of imidazole rings is 1. The smallest absolute Gasteiger partial charge is 0.127 e. The zero-order valence-electron chi connectivity index (χ0n) is 9.37. The summed E-state index contributed by atoms with van der Waals surface area (Å²) in [5.74, 6) is 2.67. The van der Waals surface area contributed by atoms with Gasteiger partial charge in [-0.1, -0.05) is 19.4 Å². The topological polar surface area (TPSA) is 43.8 Å². The van der Waals surface area contributed by atoms with Crippen molar-refractivity contribution in [3.05, 3.63) is 24.2 Å². The average molecular weight is 205 g/mol. The van der Waals surface area contributed by atoms with E-state index in [4.69, 9.17) is 5.73 Å². The Morgan fingerprint density at radius 1 is 1.60 bits per heavy atom. The van der Waals surface area contributed by atoms with E-state index < -0.39 is 0 Å². The van der Waals surface area contributed by atoms with E-state index in [1.807, 2.05) is 6.08 Å². The number of allylic oxidation sites excluding steroid dienone is 1. The van der Waals surface area contributed by atoms with E-state index in [1.165, 1.54) is 18.7 Å². The van der Waals surface area contributed by atoms with E-state index in [2.05, 4.69) is 23.1 Å². The molecule has 0 aliphatic heterocycles. The molecule has 1 heterocycles. The van der Waals surface area contributed by atoms with Crippen molar-refractivity contribution in [3.8, 4) is 0 Å². The van der Waals surface area contributed by atoms with E-state index in [9.17, 15) is 0 Å². The second kappa shape index (κ2) is 4.09. The molecular formula is C12H19N3. The minimum atomic E-state index is 0.651. The van der Waals surface area contributed by atoms with Crippen LogP contribution in [0.25, 0.3) is 0 Å². The molecule has 82 valence electrons. The molecule has 1 aromatic rings. The lowest BCUT2D eigenvalue weighted by Crippen LogP contribution is -2.05. The van der Waals surface area contributed by atoms with Crippen molar-refractivity contribution >= 4 is 5.82 Å². The van der Waals surface area contributed by atoms with Crippen LogP contribution < -0.4 is 5.73 Å². The first-order valence-electron chi connectivity index (χ1n) is 5.73. The van der Waals surface area contributed by atoms with Crippen LogP contribution >= 0.6 is 0 Å². The van der Waals surface area contributed by atoms with Crippen LogP contribution in [0.3, 0.4) is 0 Å². The molecule has 3 nitrogen and oxygen atoms in total. The van der Waals surface area contributed by atoms with Gasteiger partial charge in [0.25, 0.3) is 0 Å². The Labute approximate surface area is 91.0 Å². The van der Waals surface area contributed by atoms with Crippen molar-refractivity contribution in [2.75, 3.05) is 5.73 Å². The fourth-order valence-electron chi connectivity index (χ4n) is 1.93. The fraction of sp³-hybridized carbons (Fsp3) is 0.583. The van der Waals surface area contributed by atoms with Gasteiger partial charge in [0.05, 0.1) is 5.69 Å². The summed E-state index contributed by atoms with van der Waals surface area (Å²) >= 11 is 0. The van der Waals surface area contributed by atoms with Gasteiger partial charge in [-0.05, 0) is 19.3 Å². The Balaban J connectivity index is 2.33. The minimum Gasteiger partial charge on any atom is -0.384 e. The Hall–Kier alpha value is -1.25. The molecular weight excluding hydrogens is 186 g/mol. The monoisotopic (exact) mass is 205 g/mol. The number of anilines is 1. The van der Waals surface area contributed by atoms with Crippen LogP contribution in [0, 0.1) is 0 Å². The Bertz CT molecular complexity index is 361. The maximum absolute atomic E-state index is 6.09. The Kier molecular flexibility index (Phi) is 2.80. The molecule has 2 N–H and O–H groups in total. The van der Waals surface area contributed by atoms with Gasteiger partial charge >= 0.3 is 0 Å². The van der Waals surface area contributed by atoms with Crippen LogP contribution in [-0.2, 0) is 13.0 Å². The zero-order chi connectivity index (χ0) is 10.8. The predicted molar refractivity (Wildman–Crippen MR) is 62.8 cm³/mol. The number of nitrogens with zero attached hydrogens (tertiary/aromatic N) is 2. The molecule has 1 aliphatic rings. The van der Waals surface area contributed by atoms with Crippen molar-refractivity contribution in [3.63, 3.8) is 0 Å². The number of aryl methyl sites for hydroxylation is 1. The van der Waals surface area contributed by atoms with Crippen LogP contribution in [-0.4, -0.2) is 9.55 Å². The van der Waals surface area contributed by atoms with Gasteiger partial charge in [-0.3, -0.25) is 0 Å². The second-order valence-corrected chi connectivity index (χ2v) is 4.23. The maximum Gasteiger partial charge on any atom is 0.127 e. The summed E-state index contributed by atoms with van der Waals surface area (Å²) in [5.41, 5.74) is 7.17. The van der Waals surface area contributed by atoms with Crippen LogP contribution in [0.5, 0.6) is 0 Å². The third kappa shape index (κ3) is 1.91. The third-order valence-corrected chi connectivity index (χ3v) is 2.85. The van der Waals surface area contributed by atoms with Gasteiger partial charge in [-0.25, -0.2) is 4.98 Å². The lowest BCUT2D eigenvalue weighted by Gasteiger charge is -2.05. The van der Waals surface area contributed by atoms with Crippen LogP contribution in [0.1, 0.15) is 43.6 Å². The van der Waals surface area contributed by atoms with Crippen LogP contribution in [0.4, 0.5) is 5.82 Å². The Morgan fingerprint density at radius 3 is 2.87 bits per heavy atom. The standard InChI is InChI=1S/C12H19N3/c1-3-5-10-11(13)15(8-4-2)12(14-10)9-6-7-9/h4,9H,2-3,5-8,13H2,1H3. The fourth-order valence-corrected chi connectivity index (χ4v) is 1.93. The first-order chi connectivity index (χ1) is 7.27. The van der Waals surface area contributed by atoms with Gasteiger partial charge in [0, 0.05) is 12.5 Å². The van der Waals surface area contributed by atoms with Crippen LogP contribution in [0.2, 0.25) is 0 Å². The van der Waals surface area contributed by atoms with Crippen molar-refractivity contribution in [1.29, 1.82) is 0 Å². The summed E-state index contributed by atoms with van der Waals surface area (Å²) in [6.07, 6.45) is 6.49. The molecule has 0 bridgehead atoms. The number of nitrogen functional groups attached to an aromatic ring is 1. The van der Waals surface area contributed by atoms with E-state index in [1.54, 1.807) is 0 Å². The molecule has 0 amide bonds. The van der Waals surface area contributed by atoms with Gasteiger partial charge in [-0.15, -0.1) is 6.58 Å².